The van der Waals surface area contributed by atoms with Crippen LogP contribution in [-0.2, 0) is 23.9 Å². The quantitative estimate of drug-likeness (QED) is 0.503. The highest BCUT2D eigenvalue weighted by Gasteiger charge is 2.26. The van der Waals surface area contributed by atoms with Gasteiger partial charge in [-0.3, -0.25) is 19.2 Å². The molecule has 0 aliphatic carbocycles. The molecule has 0 fully saturated rings. The molecule has 0 saturated carbocycles. The maximum Gasteiger partial charge on any atom is 0.323 e. The molecule has 2 atom stereocenters. The standard InChI is InChI=1S/C10H14O5/c1-5(7(3)11)9(13)15-10(14)6(2)8(4)12/h5-6H,1-4H3. The number of Topliss-reactive ketones (excluding diaryl/α,β-unsaturated/α-hetero) is 2. The summed E-state index contributed by atoms with van der Waals surface area (Å²) in [7, 11) is 0. The minimum absolute atomic E-state index is 0.386. The summed E-state index contributed by atoms with van der Waals surface area (Å²) >= 11 is 0. The van der Waals surface area contributed by atoms with Gasteiger partial charge in [-0.2, -0.15) is 0 Å². The van der Waals surface area contributed by atoms with Gasteiger partial charge < -0.3 is 4.74 Å². The number of hydrogen-bond donors (Lipinski definition) is 0. The first kappa shape index (κ1) is 13.5. The lowest BCUT2D eigenvalue weighted by atomic mass is 10.1. The van der Waals surface area contributed by atoms with Crippen molar-refractivity contribution in [2.24, 2.45) is 11.8 Å². The minimum Gasteiger partial charge on any atom is -0.392 e. The number of hydrogen-bond acceptors (Lipinski definition) is 5. The van der Waals surface area contributed by atoms with Gasteiger partial charge >= 0.3 is 11.9 Å². The minimum atomic E-state index is -0.979. The summed E-state index contributed by atoms with van der Waals surface area (Å²) in [6.45, 7) is 5.14. The van der Waals surface area contributed by atoms with Gasteiger partial charge in [-0.15, -0.1) is 0 Å². The second-order valence-corrected chi connectivity index (χ2v) is 3.40. The van der Waals surface area contributed by atoms with Crippen LogP contribution in [0, 0.1) is 11.8 Å². The van der Waals surface area contributed by atoms with Gasteiger partial charge in [0.25, 0.3) is 0 Å². The van der Waals surface area contributed by atoms with E-state index in [0.29, 0.717) is 0 Å². The van der Waals surface area contributed by atoms with Gasteiger partial charge in [-0.25, -0.2) is 0 Å². The number of ether oxygens (including phenoxy) is 1. The van der Waals surface area contributed by atoms with E-state index in [2.05, 4.69) is 4.74 Å². The lowest BCUT2D eigenvalue weighted by Gasteiger charge is -2.09. The molecule has 0 aromatic heterocycles. The van der Waals surface area contributed by atoms with Gasteiger partial charge in [0.05, 0.1) is 0 Å². The van der Waals surface area contributed by atoms with Crippen molar-refractivity contribution < 1.29 is 23.9 Å². The van der Waals surface area contributed by atoms with E-state index < -0.39 is 23.8 Å². The van der Waals surface area contributed by atoms with Crippen LogP contribution in [0.1, 0.15) is 27.7 Å². The Bertz CT molecular complexity index is 275. The predicted molar refractivity (Wildman–Crippen MR) is 50.8 cm³/mol. The van der Waals surface area contributed by atoms with Crippen molar-refractivity contribution in [2.75, 3.05) is 0 Å². The topological polar surface area (TPSA) is 77.5 Å². The highest BCUT2D eigenvalue weighted by atomic mass is 16.6. The van der Waals surface area contributed by atoms with Crippen molar-refractivity contribution in [1.29, 1.82) is 0 Å². The van der Waals surface area contributed by atoms with Crippen molar-refractivity contribution in [3.63, 3.8) is 0 Å². The molecular weight excluding hydrogens is 200 g/mol. The molecule has 0 heterocycles. The van der Waals surface area contributed by atoms with E-state index in [1.807, 2.05) is 0 Å². The molecule has 5 nitrogen and oxygen atoms in total. The average molecular weight is 214 g/mol. The summed E-state index contributed by atoms with van der Waals surface area (Å²) < 4.78 is 4.38. The maximum atomic E-state index is 11.1. The van der Waals surface area contributed by atoms with Crippen LogP contribution in [0.3, 0.4) is 0 Å². The summed E-state index contributed by atoms with van der Waals surface area (Å²) in [6, 6.07) is 0. The molecule has 0 spiro atoms. The molecule has 0 aromatic rings. The first-order valence-corrected chi connectivity index (χ1v) is 4.53. The van der Waals surface area contributed by atoms with E-state index in [1.54, 1.807) is 0 Å². The van der Waals surface area contributed by atoms with E-state index in [9.17, 15) is 19.2 Å². The van der Waals surface area contributed by atoms with Gasteiger partial charge in [0.1, 0.15) is 23.4 Å². The van der Waals surface area contributed by atoms with Crippen LogP contribution in [0.4, 0.5) is 0 Å². The summed E-state index contributed by atoms with van der Waals surface area (Å²) in [5.74, 6) is -4.56. The van der Waals surface area contributed by atoms with Crippen LogP contribution in [0.15, 0.2) is 0 Å². The highest BCUT2D eigenvalue weighted by molar-refractivity contribution is 6.05. The molecule has 15 heavy (non-hydrogen) atoms. The largest absolute Gasteiger partial charge is 0.392 e. The molecule has 0 aromatic carbocycles. The first-order chi connectivity index (χ1) is 6.77. The van der Waals surface area contributed by atoms with Gasteiger partial charge in [0.15, 0.2) is 0 Å². The number of carbonyl (C=O) groups is 4. The van der Waals surface area contributed by atoms with Crippen molar-refractivity contribution in [1.82, 2.24) is 0 Å². The smallest absolute Gasteiger partial charge is 0.323 e. The summed E-state index contributed by atoms with van der Waals surface area (Å²) in [6.07, 6.45) is 0. The molecule has 5 heteroatoms. The number of esters is 2. The fourth-order valence-electron chi connectivity index (χ4n) is 0.608. The highest BCUT2D eigenvalue weighted by Crippen LogP contribution is 2.05. The Labute approximate surface area is 87.8 Å². The van der Waals surface area contributed by atoms with E-state index >= 15 is 0 Å². The van der Waals surface area contributed by atoms with Crippen molar-refractivity contribution in [3.8, 4) is 0 Å². The van der Waals surface area contributed by atoms with Crippen molar-refractivity contribution in [2.45, 2.75) is 27.7 Å². The molecule has 2 unspecified atom stereocenters. The molecule has 0 bridgehead atoms. The second kappa shape index (κ2) is 5.38. The van der Waals surface area contributed by atoms with Crippen LogP contribution in [0.25, 0.3) is 0 Å². The molecule has 0 aliphatic rings. The third kappa shape index (κ3) is 4.01. The molecule has 0 radical (unpaired) electrons. The van der Waals surface area contributed by atoms with Gasteiger partial charge in [0.2, 0.25) is 0 Å². The molecular formula is C10H14O5. The second-order valence-electron chi connectivity index (χ2n) is 3.40. The first-order valence-electron chi connectivity index (χ1n) is 4.53. The molecule has 0 amide bonds. The number of carbonyl (C=O) groups excluding carboxylic acids is 4. The third-order valence-electron chi connectivity index (χ3n) is 2.13. The van der Waals surface area contributed by atoms with Crippen molar-refractivity contribution >= 4 is 23.5 Å². The van der Waals surface area contributed by atoms with Crippen LogP contribution < -0.4 is 0 Å². The number of ketones is 2. The van der Waals surface area contributed by atoms with E-state index in [0.717, 1.165) is 0 Å². The Hall–Kier alpha value is -1.52. The van der Waals surface area contributed by atoms with E-state index in [-0.39, 0.29) is 11.6 Å². The fourth-order valence-corrected chi connectivity index (χ4v) is 0.608. The van der Waals surface area contributed by atoms with Gasteiger partial charge in [-0.1, -0.05) is 0 Å². The molecule has 0 N–H and O–H groups in total. The normalized spacial score (nSPS) is 13.9. The lowest BCUT2D eigenvalue weighted by Crippen LogP contribution is -2.29. The van der Waals surface area contributed by atoms with Gasteiger partial charge in [0, 0.05) is 0 Å². The Balaban J connectivity index is 4.37. The van der Waals surface area contributed by atoms with Crippen molar-refractivity contribution in [3.05, 3.63) is 0 Å². The van der Waals surface area contributed by atoms with Crippen LogP contribution in [0.2, 0.25) is 0 Å². The summed E-state index contributed by atoms with van der Waals surface area (Å²) in [5.41, 5.74) is 0. The molecule has 0 rings (SSSR count). The van der Waals surface area contributed by atoms with E-state index in [4.69, 9.17) is 0 Å². The molecule has 0 saturated heterocycles. The lowest BCUT2D eigenvalue weighted by molar-refractivity contribution is -0.165. The monoisotopic (exact) mass is 214 g/mol. The fraction of sp³-hybridized carbons (Fsp3) is 0.600. The Morgan fingerprint density at radius 3 is 1.27 bits per heavy atom. The zero-order valence-corrected chi connectivity index (χ0v) is 9.20. The summed E-state index contributed by atoms with van der Waals surface area (Å²) in [5, 5.41) is 0. The Kier molecular flexibility index (Phi) is 4.84. The summed E-state index contributed by atoms with van der Waals surface area (Å²) in [4.78, 5) is 43.9. The van der Waals surface area contributed by atoms with Crippen LogP contribution in [0.5, 0.6) is 0 Å². The predicted octanol–water partition coefficient (Wildman–Crippen LogP) is 0.506. The molecule has 0 aliphatic heterocycles. The molecule has 84 valence electrons. The van der Waals surface area contributed by atoms with Gasteiger partial charge in [-0.05, 0) is 27.7 Å². The van der Waals surface area contributed by atoms with Crippen LogP contribution >= 0.6 is 0 Å². The SMILES string of the molecule is CC(=O)C(C)C(=O)OC(=O)C(C)C(C)=O. The van der Waals surface area contributed by atoms with E-state index in [1.165, 1.54) is 27.7 Å². The Morgan fingerprint density at radius 1 is 0.800 bits per heavy atom. The average Bonchev–Trinajstić information content (AvgIpc) is 2.14. The zero-order valence-electron chi connectivity index (χ0n) is 9.20. The Morgan fingerprint density at radius 2 is 1.07 bits per heavy atom. The zero-order chi connectivity index (χ0) is 12.2. The number of rotatable bonds is 4. The maximum absolute atomic E-state index is 11.1. The third-order valence-corrected chi connectivity index (χ3v) is 2.13. The van der Waals surface area contributed by atoms with Crippen LogP contribution in [-0.4, -0.2) is 23.5 Å².